The first kappa shape index (κ1) is 38.3. The fourth-order valence-electron chi connectivity index (χ4n) is 13.3. The van der Waals surface area contributed by atoms with E-state index in [9.17, 15) is 0 Å². The van der Waals surface area contributed by atoms with Crippen LogP contribution in [0.3, 0.4) is 0 Å². The predicted octanol–water partition coefficient (Wildman–Crippen LogP) is 16.8. The molecule has 4 aliphatic rings. The van der Waals surface area contributed by atoms with Gasteiger partial charge >= 0.3 is 0 Å². The van der Waals surface area contributed by atoms with Gasteiger partial charge < -0.3 is 4.90 Å². The van der Waals surface area contributed by atoms with E-state index in [-0.39, 0.29) is 10.8 Å². The quantitative estimate of drug-likeness (QED) is 0.170. The second-order valence-corrected chi connectivity index (χ2v) is 19.6. The van der Waals surface area contributed by atoms with Crippen molar-refractivity contribution in [3.05, 3.63) is 281 Å². The van der Waals surface area contributed by atoms with Gasteiger partial charge in [0.05, 0.1) is 16.8 Å². The van der Waals surface area contributed by atoms with Crippen molar-refractivity contribution in [1.82, 2.24) is 0 Å². The highest BCUT2D eigenvalue weighted by Gasteiger charge is 2.51. The summed E-state index contributed by atoms with van der Waals surface area (Å²) in [6.07, 6.45) is 0. The van der Waals surface area contributed by atoms with Crippen LogP contribution in [0.15, 0.2) is 231 Å². The van der Waals surface area contributed by atoms with E-state index in [2.05, 4.69) is 256 Å². The second-order valence-electron chi connectivity index (χ2n) is 19.6. The number of hydrogen-bond donors (Lipinski definition) is 0. The lowest BCUT2D eigenvalue weighted by Gasteiger charge is -2.36. The van der Waals surface area contributed by atoms with Crippen molar-refractivity contribution in [3.8, 4) is 55.6 Å². The van der Waals surface area contributed by atoms with Crippen molar-refractivity contribution in [2.75, 3.05) is 4.90 Å². The Morgan fingerprint density at radius 2 is 0.687 bits per heavy atom. The van der Waals surface area contributed by atoms with E-state index in [1.54, 1.807) is 0 Å². The smallest absolute Gasteiger partial charge is 0.0726 e. The van der Waals surface area contributed by atoms with Crippen LogP contribution < -0.4 is 4.90 Å². The summed E-state index contributed by atoms with van der Waals surface area (Å²) in [4.78, 5) is 2.63. The highest BCUT2D eigenvalue weighted by atomic mass is 15.1. The summed E-state index contributed by atoms with van der Waals surface area (Å²) < 4.78 is 0. The molecule has 4 aliphatic carbocycles. The molecule has 0 fully saturated rings. The highest BCUT2D eigenvalue weighted by molar-refractivity contribution is 6.04. The van der Waals surface area contributed by atoms with Crippen molar-refractivity contribution < 1.29 is 0 Å². The van der Waals surface area contributed by atoms with Gasteiger partial charge in [0, 0.05) is 27.6 Å². The Morgan fingerprint density at radius 3 is 1.28 bits per heavy atom. The summed E-state index contributed by atoms with van der Waals surface area (Å²) in [6.45, 7) is 7.21. The first-order valence-electron chi connectivity index (χ1n) is 23.8. The van der Waals surface area contributed by atoms with Crippen LogP contribution in [-0.2, 0) is 16.2 Å². The fraction of sp³-hybridized carbons (Fsp3) is 0.0909. The average Bonchev–Trinajstić information content (AvgIpc) is 3.90. The van der Waals surface area contributed by atoms with Gasteiger partial charge in [-0.25, -0.2) is 0 Å². The number of anilines is 3. The summed E-state index contributed by atoms with van der Waals surface area (Å²) >= 11 is 0. The fourth-order valence-corrected chi connectivity index (χ4v) is 13.3. The first-order valence-corrected chi connectivity index (χ1v) is 23.8. The number of benzene rings is 10. The molecule has 0 heterocycles. The minimum atomic E-state index is -0.599. The monoisotopic (exact) mass is 853 g/mol. The number of nitrogens with zero attached hydrogens (tertiary/aromatic N) is 1. The Bertz CT molecular complexity index is 3640. The SMILES string of the molecule is CC1(C)c2ccccc2-c2c(N(c3ccc4c(c3)C(C)(c3ccccc3)c3ccccc3-4)c3cccc4c3-c3ccccc3C43c4ccccc4-c4ccccc4-c4ccccc43)cccc21. The Morgan fingerprint density at radius 1 is 0.284 bits per heavy atom. The van der Waals surface area contributed by atoms with Crippen LogP contribution in [0.4, 0.5) is 17.1 Å². The predicted molar refractivity (Wildman–Crippen MR) is 278 cm³/mol. The lowest BCUT2D eigenvalue weighted by atomic mass is 9.66. The highest BCUT2D eigenvalue weighted by Crippen LogP contribution is 2.65. The van der Waals surface area contributed by atoms with Gasteiger partial charge in [-0.1, -0.05) is 220 Å². The number of fused-ring (bicyclic) bond motifs is 18. The number of rotatable bonds is 4. The van der Waals surface area contributed by atoms with Gasteiger partial charge in [0.25, 0.3) is 0 Å². The van der Waals surface area contributed by atoms with Gasteiger partial charge in [0.1, 0.15) is 0 Å². The molecule has 1 spiro atoms. The molecular formula is C66H47N. The molecule has 1 unspecified atom stereocenters. The maximum absolute atomic E-state index is 2.63. The topological polar surface area (TPSA) is 3.24 Å². The van der Waals surface area contributed by atoms with E-state index in [0.717, 1.165) is 5.69 Å². The molecule has 0 radical (unpaired) electrons. The summed E-state index contributed by atoms with van der Waals surface area (Å²) in [5.74, 6) is 0. The molecule has 316 valence electrons. The second kappa shape index (κ2) is 13.8. The van der Waals surface area contributed by atoms with Gasteiger partial charge in [0.15, 0.2) is 0 Å². The lowest BCUT2D eigenvalue weighted by molar-refractivity contribution is 0.660. The van der Waals surface area contributed by atoms with E-state index in [1.807, 2.05) is 0 Å². The zero-order valence-corrected chi connectivity index (χ0v) is 37.9. The first-order chi connectivity index (χ1) is 32.9. The van der Waals surface area contributed by atoms with Crippen LogP contribution in [0.2, 0.25) is 0 Å². The molecule has 10 aromatic carbocycles. The van der Waals surface area contributed by atoms with E-state index < -0.39 is 5.41 Å². The minimum Gasteiger partial charge on any atom is -0.309 e. The third-order valence-corrected chi connectivity index (χ3v) is 16.2. The van der Waals surface area contributed by atoms with Crippen molar-refractivity contribution in [3.63, 3.8) is 0 Å². The maximum Gasteiger partial charge on any atom is 0.0726 e. The van der Waals surface area contributed by atoms with Gasteiger partial charge in [-0.3, -0.25) is 0 Å². The molecule has 0 saturated carbocycles. The Kier molecular flexibility index (Phi) is 7.87. The molecule has 0 bridgehead atoms. The van der Waals surface area contributed by atoms with E-state index in [4.69, 9.17) is 0 Å². The van der Waals surface area contributed by atoms with Crippen LogP contribution in [0.25, 0.3) is 55.6 Å². The molecular weight excluding hydrogens is 807 g/mol. The molecule has 1 atom stereocenters. The largest absolute Gasteiger partial charge is 0.309 e. The maximum atomic E-state index is 2.63. The van der Waals surface area contributed by atoms with Gasteiger partial charge in [0.2, 0.25) is 0 Å². The Labute approximate surface area is 393 Å². The molecule has 1 heteroatoms. The Balaban J connectivity index is 1.11. The molecule has 67 heavy (non-hydrogen) atoms. The average molecular weight is 854 g/mol. The normalized spacial score (nSPS) is 16.6. The zero-order chi connectivity index (χ0) is 44.6. The van der Waals surface area contributed by atoms with E-state index in [1.165, 1.54) is 117 Å². The van der Waals surface area contributed by atoms with Crippen LogP contribution in [0.1, 0.15) is 70.8 Å². The van der Waals surface area contributed by atoms with Crippen molar-refractivity contribution in [2.24, 2.45) is 0 Å². The molecule has 0 amide bonds. The third-order valence-electron chi connectivity index (χ3n) is 16.2. The van der Waals surface area contributed by atoms with Crippen LogP contribution in [0, 0.1) is 0 Å². The minimum absolute atomic E-state index is 0.170. The number of hydrogen-bond acceptors (Lipinski definition) is 1. The summed E-state index contributed by atoms with van der Waals surface area (Å²) in [6, 6.07) is 87.4. The molecule has 14 rings (SSSR count). The van der Waals surface area contributed by atoms with Crippen molar-refractivity contribution >= 4 is 17.1 Å². The van der Waals surface area contributed by atoms with Crippen LogP contribution in [0.5, 0.6) is 0 Å². The summed E-state index contributed by atoms with van der Waals surface area (Å²) in [5, 5.41) is 0. The summed E-state index contributed by atoms with van der Waals surface area (Å²) in [5.41, 5.74) is 27.2. The molecule has 0 aromatic heterocycles. The van der Waals surface area contributed by atoms with E-state index >= 15 is 0 Å². The Hall–Kier alpha value is -8.00. The standard InChI is InChI=1S/C66H47N/c1-64(2)52-30-14-12-28-50(52)62-57(64)35-19-37-60(62)67(43-39-40-49-48-27-9-15-31-53(48)65(3,59(49)41-43)42-21-5-4-6-22-42)61-38-20-36-58-63(61)51-29-13-18-34-56(51)66(58)54-32-16-10-25-46(54)44-23-7-8-24-45(44)47-26-11-17-33-55(47)66/h4-41H,1-3H3. The zero-order valence-electron chi connectivity index (χ0n) is 37.9. The van der Waals surface area contributed by atoms with Crippen LogP contribution in [-0.4, -0.2) is 0 Å². The molecule has 10 aromatic rings. The third kappa shape index (κ3) is 4.88. The van der Waals surface area contributed by atoms with Crippen LogP contribution >= 0.6 is 0 Å². The molecule has 0 N–H and O–H groups in total. The van der Waals surface area contributed by atoms with Gasteiger partial charge in [-0.2, -0.15) is 0 Å². The molecule has 1 nitrogen and oxygen atoms in total. The summed E-state index contributed by atoms with van der Waals surface area (Å²) in [7, 11) is 0. The van der Waals surface area contributed by atoms with Gasteiger partial charge in [-0.05, 0) is 126 Å². The van der Waals surface area contributed by atoms with Crippen molar-refractivity contribution in [1.29, 1.82) is 0 Å². The van der Waals surface area contributed by atoms with Crippen molar-refractivity contribution in [2.45, 2.75) is 37.0 Å². The van der Waals surface area contributed by atoms with E-state index in [0.29, 0.717) is 0 Å². The van der Waals surface area contributed by atoms with Gasteiger partial charge in [-0.15, -0.1) is 0 Å². The molecule has 0 saturated heterocycles. The molecule has 0 aliphatic heterocycles. The lowest BCUT2D eigenvalue weighted by Crippen LogP contribution is -2.29.